The topological polar surface area (TPSA) is 94.3 Å². The molecule has 0 saturated carbocycles. The number of carbonyl (C=O) groups excluding carboxylic acids is 2. The fourth-order valence-electron chi connectivity index (χ4n) is 3.39. The highest BCUT2D eigenvalue weighted by molar-refractivity contribution is 6.20. The molecule has 0 saturated heterocycles. The van der Waals surface area contributed by atoms with E-state index < -0.39 is 5.91 Å². The van der Waals surface area contributed by atoms with Gasteiger partial charge in [0, 0.05) is 23.2 Å². The predicted octanol–water partition coefficient (Wildman–Crippen LogP) is 4.33. The van der Waals surface area contributed by atoms with Crippen molar-refractivity contribution in [3.05, 3.63) is 76.4 Å². The maximum Gasteiger partial charge on any atom is 0.264 e. The van der Waals surface area contributed by atoms with Gasteiger partial charge in [-0.15, -0.1) is 0 Å². The zero-order chi connectivity index (χ0) is 23.3. The van der Waals surface area contributed by atoms with Crippen LogP contribution in [-0.2, 0) is 10.2 Å². The Hall–Kier alpha value is -3.72. The summed E-state index contributed by atoms with van der Waals surface area (Å²) >= 11 is 0. The van der Waals surface area contributed by atoms with Gasteiger partial charge < -0.3 is 10.6 Å². The number of rotatable bonds is 5. The van der Waals surface area contributed by atoms with Crippen molar-refractivity contribution in [1.29, 1.82) is 5.26 Å². The molecule has 0 radical (unpaired) electrons. The third kappa shape index (κ3) is 4.94. The summed E-state index contributed by atoms with van der Waals surface area (Å²) in [6.07, 6.45) is 1.77. The third-order valence-corrected chi connectivity index (χ3v) is 5.30. The number of amides is 2. The average molecular weight is 429 g/mol. The van der Waals surface area contributed by atoms with Crippen LogP contribution in [0, 0.1) is 11.3 Å². The molecule has 0 bridgehead atoms. The van der Waals surface area contributed by atoms with Gasteiger partial charge in [0.15, 0.2) is 0 Å². The molecule has 6 nitrogen and oxygen atoms in total. The van der Waals surface area contributed by atoms with Crippen LogP contribution in [0.2, 0.25) is 0 Å². The van der Waals surface area contributed by atoms with Gasteiger partial charge in [-0.2, -0.15) is 5.26 Å². The van der Waals surface area contributed by atoms with E-state index in [9.17, 15) is 14.9 Å². The number of fused-ring (bicyclic) bond motifs is 1. The number of hydrogen-bond acceptors (Lipinski definition) is 4. The first-order valence-corrected chi connectivity index (χ1v) is 10.8. The Labute approximate surface area is 189 Å². The van der Waals surface area contributed by atoms with Gasteiger partial charge in [-0.05, 0) is 29.5 Å². The van der Waals surface area contributed by atoms with Gasteiger partial charge in [0.25, 0.3) is 11.8 Å². The van der Waals surface area contributed by atoms with Gasteiger partial charge in [0.1, 0.15) is 17.5 Å². The van der Waals surface area contributed by atoms with Gasteiger partial charge in [-0.3, -0.25) is 9.59 Å². The van der Waals surface area contributed by atoms with Gasteiger partial charge in [-0.25, -0.2) is 4.99 Å². The number of hydrogen-bond donors (Lipinski definition) is 2. The highest BCUT2D eigenvalue weighted by Gasteiger charge is 2.27. The third-order valence-electron chi connectivity index (χ3n) is 5.30. The van der Waals surface area contributed by atoms with Crippen molar-refractivity contribution in [2.24, 2.45) is 4.99 Å². The van der Waals surface area contributed by atoms with Crippen molar-refractivity contribution >= 4 is 23.3 Å². The minimum absolute atomic E-state index is 0.00538. The van der Waals surface area contributed by atoms with E-state index in [1.807, 2.05) is 43.3 Å². The molecule has 2 amide bonds. The summed E-state index contributed by atoms with van der Waals surface area (Å²) in [7, 11) is 0. The Bertz CT molecular complexity index is 1130. The van der Waals surface area contributed by atoms with Crippen LogP contribution in [0.5, 0.6) is 0 Å². The number of unbranched alkanes of at least 4 members (excludes halogenated alkanes) is 1. The largest absolute Gasteiger partial charge is 0.351 e. The monoisotopic (exact) mass is 428 g/mol. The van der Waals surface area contributed by atoms with E-state index in [0.717, 1.165) is 18.4 Å². The van der Waals surface area contributed by atoms with Gasteiger partial charge in [0.2, 0.25) is 0 Å². The fourth-order valence-corrected chi connectivity index (χ4v) is 3.39. The van der Waals surface area contributed by atoms with Crippen LogP contribution < -0.4 is 10.6 Å². The van der Waals surface area contributed by atoms with Crippen LogP contribution in [0.25, 0.3) is 5.70 Å². The second kappa shape index (κ2) is 9.61. The standard InChI is InChI=1S/C26H28N4O2/c1-5-6-15-28-25(32)21(16-27)22-19-9-7-8-10-20(19)23(29-22)30-24(31)17-11-13-18(14-12-17)26(2,3)4/h7-14H,5-6,15H2,1-4H3,(H,28,32)(H,29,30,31). The van der Waals surface area contributed by atoms with Crippen molar-refractivity contribution in [1.82, 2.24) is 10.6 Å². The quantitative estimate of drug-likeness (QED) is 0.422. The predicted molar refractivity (Wildman–Crippen MR) is 126 cm³/mol. The second-order valence-corrected chi connectivity index (χ2v) is 8.73. The molecule has 32 heavy (non-hydrogen) atoms. The number of nitrogens with one attached hydrogen (secondary N) is 2. The van der Waals surface area contributed by atoms with Crippen molar-refractivity contribution in [2.45, 2.75) is 46.0 Å². The molecule has 6 heteroatoms. The van der Waals surface area contributed by atoms with E-state index in [4.69, 9.17) is 0 Å². The molecular formula is C26H28N4O2. The van der Waals surface area contributed by atoms with E-state index in [1.165, 1.54) is 0 Å². The lowest BCUT2D eigenvalue weighted by Gasteiger charge is -2.19. The van der Waals surface area contributed by atoms with E-state index in [0.29, 0.717) is 29.1 Å². The number of carbonyl (C=O) groups is 2. The molecule has 2 aromatic carbocycles. The van der Waals surface area contributed by atoms with Crippen LogP contribution in [-0.4, -0.2) is 24.2 Å². The molecule has 3 rings (SSSR count). The van der Waals surface area contributed by atoms with Crippen LogP contribution >= 0.6 is 0 Å². The summed E-state index contributed by atoms with van der Waals surface area (Å²) in [5, 5.41) is 15.3. The number of benzene rings is 2. The Morgan fingerprint density at radius 2 is 1.69 bits per heavy atom. The van der Waals surface area contributed by atoms with Crippen LogP contribution in [0.4, 0.5) is 0 Å². The van der Waals surface area contributed by atoms with Crippen molar-refractivity contribution < 1.29 is 9.59 Å². The molecular weight excluding hydrogens is 400 g/mol. The summed E-state index contributed by atoms with van der Waals surface area (Å²) in [6.45, 7) is 8.87. The molecule has 1 aliphatic heterocycles. The molecule has 0 atom stereocenters. The second-order valence-electron chi connectivity index (χ2n) is 8.73. The minimum atomic E-state index is -0.458. The molecule has 2 N–H and O–H groups in total. The molecule has 0 aliphatic carbocycles. The Morgan fingerprint density at radius 1 is 1.03 bits per heavy atom. The van der Waals surface area contributed by atoms with Crippen molar-refractivity contribution in [2.75, 3.05) is 6.54 Å². The number of nitriles is 1. The van der Waals surface area contributed by atoms with E-state index in [-0.39, 0.29) is 22.6 Å². The van der Waals surface area contributed by atoms with E-state index in [1.54, 1.807) is 18.2 Å². The fraction of sp³-hybridized carbons (Fsp3) is 0.308. The summed E-state index contributed by atoms with van der Waals surface area (Å²) in [5.41, 5.74) is 3.17. The molecule has 0 unspecified atom stereocenters. The minimum Gasteiger partial charge on any atom is -0.351 e. The lowest BCUT2D eigenvalue weighted by Crippen LogP contribution is -2.30. The first-order valence-electron chi connectivity index (χ1n) is 10.8. The lowest BCUT2D eigenvalue weighted by molar-refractivity contribution is -0.117. The Morgan fingerprint density at radius 3 is 2.28 bits per heavy atom. The maximum atomic E-state index is 12.9. The normalized spacial score (nSPS) is 14.2. The molecule has 1 aliphatic rings. The zero-order valence-corrected chi connectivity index (χ0v) is 19.0. The van der Waals surface area contributed by atoms with Crippen LogP contribution in [0.1, 0.15) is 67.6 Å². The van der Waals surface area contributed by atoms with Gasteiger partial charge in [0.05, 0.1) is 5.70 Å². The first-order chi connectivity index (χ1) is 15.3. The summed E-state index contributed by atoms with van der Waals surface area (Å²) in [4.78, 5) is 29.9. The lowest BCUT2D eigenvalue weighted by atomic mass is 9.87. The molecule has 2 aromatic rings. The number of amidine groups is 1. The maximum absolute atomic E-state index is 12.9. The summed E-state index contributed by atoms with van der Waals surface area (Å²) in [6, 6.07) is 16.7. The van der Waals surface area contributed by atoms with E-state index in [2.05, 4.69) is 36.4 Å². The summed E-state index contributed by atoms with van der Waals surface area (Å²) in [5.74, 6) is -0.430. The SMILES string of the molecule is CCCCNC(=O)C(C#N)=C1N=C(NC(=O)c2ccc(C(C)(C)C)cc2)c2ccccc21. The average Bonchev–Trinajstić information content (AvgIpc) is 3.12. The van der Waals surface area contributed by atoms with Gasteiger partial charge >= 0.3 is 0 Å². The highest BCUT2D eigenvalue weighted by atomic mass is 16.2. The van der Waals surface area contributed by atoms with Crippen molar-refractivity contribution in [3.63, 3.8) is 0 Å². The molecule has 0 spiro atoms. The first kappa shape index (κ1) is 23.0. The molecule has 164 valence electrons. The Kier molecular flexibility index (Phi) is 6.89. The van der Waals surface area contributed by atoms with Crippen molar-refractivity contribution in [3.8, 4) is 6.07 Å². The Balaban J connectivity index is 1.90. The van der Waals surface area contributed by atoms with E-state index >= 15 is 0 Å². The number of aliphatic imine (C=N–C) groups is 1. The van der Waals surface area contributed by atoms with Gasteiger partial charge in [-0.1, -0.05) is 70.5 Å². The molecule has 0 fully saturated rings. The van der Waals surface area contributed by atoms with Crippen LogP contribution in [0.3, 0.4) is 0 Å². The zero-order valence-electron chi connectivity index (χ0n) is 19.0. The highest BCUT2D eigenvalue weighted by Crippen LogP contribution is 2.30. The van der Waals surface area contributed by atoms with Crippen LogP contribution in [0.15, 0.2) is 59.1 Å². The molecule has 0 aromatic heterocycles. The number of nitrogens with zero attached hydrogens (tertiary/aromatic N) is 2. The molecule has 1 heterocycles. The smallest absolute Gasteiger partial charge is 0.264 e. The summed E-state index contributed by atoms with van der Waals surface area (Å²) < 4.78 is 0.